The topological polar surface area (TPSA) is 92.8 Å². The zero-order chi connectivity index (χ0) is 7.98. The molecule has 0 saturated heterocycles. The van der Waals surface area contributed by atoms with Gasteiger partial charge in [-0.15, -0.1) is 0 Å². The fraction of sp³-hybridized carbons (Fsp3) is 0.400. The molecule has 0 aromatic rings. The number of aliphatic imine (C=N–C) groups is 1. The molecule has 0 aromatic heterocycles. The van der Waals surface area contributed by atoms with Crippen LogP contribution >= 0.6 is 0 Å². The number of carboxylic acids is 1. The Hall–Kier alpha value is -1.39. The standard InChI is InChI=1S/C5H8N2O3/c6-5(10)7-3-1-2-4(8)9/h3H,1-2H2,(H2,6,10)(H,8,9). The minimum absolute atomic E-state index is 0.0310. The quantitative estimate of drug-likeness (QED) is 0.546. The van der Waals surface area contributed by atoms with E-state index in [0.29, 0.717) is 0 Å². The number of primary amides is 1. The Morgan fingerprint density at radius 2 is 2.20 bits per heavy atom. The van der Waals surface area contributed by atoms with Gasteiger partial charge in [-0.2, -0.15) is 0 Å². The van der Waals surface area contributed by atoms with Crippen molar-refractivity contribution in [3.8, 4) is 0 Å². The molecule has 0 heterocycles. The number of aliphatic carboxylic acids is 1. The molecule has 0 spiro atoms. The summed E-state index contributed by atoms with van der Waals surface area (Å²) in [6.07, 6.45) is 1.39. The highest BCUT2D eigenvalue weighted by Crippen LogP contribution is 1.83. The first-order valence-corrected chi connectivity index (χ1v) is 2.66. The Balaban J connectivity index is 3.36. The van der Waals surface area contributed by atoms with Crippen LogP contribution in [0.15, 0.2) is 4.99 Å². The maximum absolute atomic E-state index is 9.92. The highest BCUT2D eigenvalue weighted by Gasteiger charge is 1.92. The minimum atomic E-state index is -0.920. The van der Waals surface area contributed by atoms with Crippen LogP contribution < -0.4 is 5.73 Å². The van der Waals surface area contributed by atoms with E-state index in [-0.39, 0.29) is 12.8 Å². The molecule has 0 aliphatic heterocycles. The Labute approximate surface area is 57.6 Å². The molecule has 0 radical (unpaired) electrons. The lowest BCUT2D eigenvalue weighted by atomic mass is 10.3. The number of hydrogen-bond donors (Lipinski definition) is 2. The molecule has 0 bridgehead atoms. The number of nitrogens with two attached hydrogens (primary N) is 1. The highest BCUT2D eigenvalue weighted by atomic mass is 16.4. The molecular weight excluding hydrogens is 136 g/mol. The fourth-order valence-electron chi connectivity index (χ4n) is 0.343. The maximum Gasteiger partial charge on any atom is 0.337 e. The van der Waals surface area contributed by atoms with Gasteiger partial charge in [0.25, 0.3) is 0 Å². The Morgan fingerprint density at radius 1 is 1.60 bits per heavy atom. The van der Waals surface area contributed by atoms with Crippen molar-refractivity contribution in [3.63, 3.8) is 0 Å². The van der Waals surface area contributed by atoms with Gasteiger partial charge in [0.2, 0.25) is 0 Å². The molecule has 3 N–H and O–H groups in total. The van der Waals surface area contributed by atoms with Gasteiger partial charge in [0.05, 0.1) is 6.42 Å². The Morgan fingerprint density at radius 3 is 2.60 bits per heavy atom. The maximum atomic E-state index is 9.92. The van der Waals surface area contributed by atoms with Gasteiger partial charge in [0.15, 0.2) is 0 Å². The van der Waals surface area contributed by atoms with E-state index in [0.717, 1.165) is 0 Å². The van der Waals surface area contributed by atoms with Crippen molar-refractivity contribution in [1.82, 2.24) is 0 Å². The molecule has 0 aromatic carbocycles. The van der Waals surface area contributed by atoms with Gasteiger partial charge in [-0.1, -0.05) is 0 Å². The van der Waals surface area contributed by atoms with Crippen LogP contribution in [0.3, 0.4) is 0 Å². The zero-order valence-electron chi connectivity index (χ0n) is 5.28. The van der Waals surface area contributed by atoms with E-state index >= 15 is 0 Å². The molecule has 5 heteroatoms. The average Bonchev–Trinajstić information content (AvgIpc) is 1.79. The van der Waals surface area contributed by atoms with Gasteiger partial charge >= 0.3 is 12.0 Å². The Bertz CT molecular complexity index is 164. The van der Waals surface area contributed by atoms with Gasteiger partial charge in [-0.3, -0.25) is 4.79 Å². The lowest BCUT2D eigenvalue weighted by molar-refractivity contribution is -0.136. The third-order valence-corrected chi connectivity index (χ3v) is 0.706. The molecule has 0 atom stereocenters. The number of hydrogen-bond acceptors (Lipinski definition) is 2. The number of urea groups is 1. The van der Waals surface area contributed by atoms with Crippen LogP contribution in [0.1, 0.15) is 12.8 Å². The van der Waals surface area contributed by atoms with Crippen molar-refractivity contribution >= 4 is 18.2 Å². The van der Waals surface area contributed by atoms with Gasteiger partial charge in [-0.05, 0) is 6.42 Å². The van der Waals surface area contributed by atoms with E-state index in [1.165, 1.54) is 6.21 Å². The molecule has 5 nitrogen and oxygen atoms in total. The summed E-state index contributed by atoms with van der Waals surface area (Å²) in [5.74, 6) is -0.920. The van der Waals surface area contributed by atoms with Crippen molar-refractivity contribution in [3.05, 3.63) is 0 Å². The number of rotatable bonds is 3. The second kappa shape index (κ2) is 4.49. The van der Waals surface area contributed by atoms with Crippen LogP contribution in [0, 0.1) is 0 Å². The fourth-order valence-corrected chi connectivity index (χ4v) is 0.343. The summed E-state index contributed by atoms with van der Waals surface area (Å²) in [4.78, 5) is 22.9. The van der Waals surface area contributed by atoms with Gasteiger partial charge in [0, 0.05) is 6.21 Å². The third-order valence-electron chi connectivity index (χ3n) is 0.706. The number of carbonyl (C=O) groups excluding carboxylic acids is 1. The zero-order valence-corrected chi connectivity index (χ0v) is 5.28. The lowest BCUT2D eigenvalue weighted by Gasteiger charge is -1.84. The SMILES string of the molecule is NC(=O)N=CCCC(=O)O. The lowest BCUT2D eigenvalue weighted by Crippen LogP contribution is -2.04. The van der Waals surface area contributed by atoms with E-state index in [2.05, 4.69) is 10.7 Å². The molecule has 10 heavy (non-hydrogen) atoms. The highest BCUT2D eigenvalue weighted by molar-refractivity contribution is 5.83. The smallest absolute Gasteiger partial charge is 0.337 e. The summed E-state index contributed by atoms with van der Waals surface area (Å²) in [6.45, 7) is 0. The second-order valence-electron chi connectivity index (χ2n) is 1.58. The number of amides is 2. The molecular formula is C5H8N2O3. The van der Waals surface area contributed by atoms with Crippen molar-refractivity contribution in [1.29, 1.82) is 0 Å². The summed E-state index contributed by atoms with van der Waals surface area (Å²) in [6, 6.07) is -0.801. The summed E-state index contributed by atoms with van der Waals surface area (Å²) in [7, 11) is 0. The Kier molecular flexibility index (Phi) is 3.86. The van der Waals surface area contributed by atoms with E-state index < -0.39 is 12.0 Å². The molecule has 0 aliphatic carbocycles. The summed E-state index contributed by atoms with van der Waals surface area (Å²) < 4.78 is 0. The van der Waals surface area contributed by atoms with Crippen LogP contribution in [0.25, 0.3) is 0 Å². The minimum Gasteiger partial charge on any atom is -0.481 e. The van der Waals surface area contributed by atoms with Crippen molar-refractivity contribution < 1.29 is 14.7 Å². The van der Waals surface area contributed by atoms with E-state index in [1.54, 1.807) is 0 Å². The predicted octanol–water partition coefficient (Wildman–Crippen LogP) is 0.000700. The summed E-state index contributed by atoms with van der Waals surface area (Å²) in [5, 5.41) is 8.10. The van der Waals surface area contributed by atoms with E-state index in [4.69, 9.17) is 5.11 Å². The third kappa shape index (κ3) is 6.61. The van der Waals surface area contributed by atoms with Gasteiger partial charge in [0.1, 0.15) is 0 Å². The number of carbonyl (C=O) groups is 2. The van der Waals surface area contributed by atoms with Crippen molar-refractivity contribution in [2.24, 2.45) is 10.7 Å². The monoisotopic (exact) mass is 144 g/mol. The first-order valence-electron chi connectivity index (χ1n) is 2.66. The van der Waals surface area contributed by atoms with E-state index in [9.17, 15) is 9.59 Å². The number of carboxylic acid groups (broad SMARTS) is 1. The molecule has 56 valence electrons. The summed E-state index contributed by atoms with van der Waals surface area (Å²) >= 11 is 0. The summed E-state index contributed by atoms with van der Waals surface area (Å²) in [5.41, 5.74) is 4.63. The molecule has 0 fully saturated rings. The molecule has 0 unspecified atom stereocenters. The number of nitrogens with zero attached hydrogens (tertiary/aromatic N) is 1. The van der Waals surface area contributed by atoms with Crippen LogP contribution in [-0.2, 0) is 4.79 Å². The average molecular weight is 144 g/mol. The van der Waals surface area contributed by atoms with Crippen LogP contribution in [0.2, 0.25) is 0 Å². The van der Waals surface area contributed by atoms with E-state index in [1.807, 2.05) is 0 Å². The first kappa shape index (κ1) is 8.61. The van der Waals surface area contributed by atoms with Crippen molar-refractivity contribution in [2.75, 3.05) is 0 Å². The normalized spacial score (nSPS) is 10.0. The largest absolute Gasteiger partial charge is 0.481 e. The van der Waals surface area contributed by atoms with Crippen LogP contribution in [0.4, 0.5) is 4.79 Å². The first-order chi connectivity index (χ1) is 4.63. The predicted molar refractivity (Wildman–Crippen MR) is 34.9 cm³/mol. The van der Waals surface area contributed by atoms with Crippen LogP contribution in [0.5, 0.6) is 0 Å². The van der Waals surface area contributed by atoms with Crippen molar-refractivity contribution in [2.45, 2.75) is 12.8 Å². The molecule has 0 aliphatic rings. The molecule has 0 rings (SSSR count). The van der Waals surface area contributed by atoms with Gasteiger partial charge < -0.3 is 10.8 Å². The second-order valence-corrected chi connectivity index (χ2v) is 1.58. The van der Waals surface area contributed by atoms with Crippen LogP contribution in [-0.4, -0.2) is 23.3 Å². The molecule has 0 saturated carbocycles. The van der Waals surface area contributed by atoms with Gasteiger partial charge in [-0.25, -0.2) is 9.79 Å². The molecule has 2 amide bonds.